The second-order valence-corrected chi connectivity index (χ2v) is 8.40. The van der Waals surface area contributed by atoms with Crippen LogP contribution in [-0.4, -0.2) is 46.7 Å². The molecule has 0 radical (unpaired) electrons. The molecule has 0 aromatic heterocycles. The summed E-state index contributed by atoms with van der Waals surface area (Å²) in [5, 5.41) is 26.8. The van der Waals surface area contributed by atoms with Gasteiger partial charge in [-0.2, -0.15) is 0 Å². The highest BCUT2D eigenvalue weighted by Crippen LogP contribution is 2.22. The number of rotatable bonds is 10. The van der Waals surface area contributed by atoms with Crippen LogP contribution < -0.4 is 21.4 Å². The van der Waals surface area contributed by atoms with E-state index in [1.807, 2.05) is 43.3 Å². The van der Waals surface area contributed by atoms with Crippen molar-refractivity contribution in [1.29, 1.82) is 0 Å². The van der Waals surface area contributed by atoms with Crippen molar-refractivity contribution < 1.29 is 24.7 Å². The second kappa shape index (κ2) is 12.6. The second-order valence-electron chi connectivity index (χ2n) is 8.40. The van der Waals surface area contributed by atoms with E-state index in [1.54, 1.807) is 36.4 Å². The van der Waals surface area contributed by atoms with Crippen molar-refractivity contribution in [2.45, 2.75) is 32.5 Å². The summed E-state index contributed by atoms with van der Waals surface area (Å²) in [6, 6.07) is 20.7. The molecule has 0 aliphatic carbocycles. The molecule has 6 N–H and O–H groups in total. The lowest BCUT2D eigenvalue weighted by Gasteiger charge is -2.19. The lowest BCUT2D eigenvalue weighted by Crippen LogP contribution is -2.51. The number of benzene rings is 3. The van der Waals surface area contributed by atoms with Gasteiger partial charge in [0.25, 0.3) is 11.8 Å². The molecular weight excluding hydrogens is 460 g/mol. The van der Waals surface area contributed by atoms with Gasteiger partial charge in [0.2, 0.25) is 5.91 Å². The van der Waals surface area contributed by atoms with E-state index in [9.17, 15) is 19.5 Å². The summed E-state index contributed by atoms with van der Waals surface area (Å²) in [4.78, 5) is 36.3. The summed E-state index contributed by atoms with van der Waals surface area (Å²) >= 11 is 0. The normalized spacial score (nSPS) is 12.3. The van der Waals surface area contributed by atoms with Gasteiger partial charge in [0.15, 0.2) is 0 Å². The van der Waals surface area contributed by atoms with Gasteiger partial charge < -0.3 is 21.1 Å². The molecule has 0 aliphatic heterocycles. The lowest BCUT2D eigenvalue weighted by atomic mass is 10.0. The van der Waals surface area contributed by atoms with Crippen molar-refractivity contribution in [3.05, 3.63) is 89.5 Å². The number of aryl methyl sites for hydroxylation is 1. The van der Waals surface area contributed by atoms with Crippen LogP contribution in [0.15, 0.2) is 72.8 Å². The predicted octanol–water partition coefficient (Wildman–Crippen LogP) is 2.37. The topological polar surface area (TPSA) is 140 Å². The van der Waals surface area contributed by atoms with E-state index in [0.29, 0.717) is 12.2 Å². The van der Waals surface area contributed by atoms with Gasteiger partial charge in [-0.3, -0.25) is 19.6 Å². The fourth-order valence-corrected chi connectivity index (χ4v) is 3.58. The Morgan fingerprint density at radius 1 is 0.889 bits per heavy atom. The number of hydroxylamine groups is 1. The fourth-order valence-electron chi connectivity index (χ4n) is 3.58. The Labute approximate surface area is 209 Å². The van der Waals surface area contributed by atoms with E-state index in [1.165, 1.54) is 18.0 Å². The number of aliphatic hydroxyl groups is 1. The Bertz CT molecular complexity index is 1190. The number of amides is 3. The van der Waals surface area contributed by atoms with Gasteiger partial charge in [0.1, 0.15) is 6.04 Å². The molecule has 3 aromatic carbocycles. The van der Waals surface area contributed by atoms with E-state index in [-0.39, 0.29) is 18.0 Å². The van der Waals surface area contributed by atoms with Crippen LogP contribution in [0.4, 0.5) is 5.69 Å². The quantitative estimate of drug-likeness (QED) is 0.191. The standard InChI is InChI=1S/C27H30N4O5/c1-17-5-3-4-6-22(17)15-28-16-24(33)29-23-13-11-20(12-14-23)19-7-9-21(10-8-19)26(34)30-25(18(2)32)27(35)31-36/h3-14,18,25,28,32,36H,15-16H2,1-2H3,(H,29,33)(H,30,34)(H,31,35)/t18-,25+/m1/s1. The summed E-state index contributed by atoms with van der Waals surface area (Å²) in [6.45, 7) is 4.17. The maximum atomic E-state index is 12.4. The third-order valence-electron chi connectivity index (χ3n) is 5.67. The van der Waals surface area contributed by atoms with E-state index in [0.717, 1.165) is 16.7 Å². The average molecular weight is 491 g/mol. The predicted molar refractivity (Wildman–Crippen MR) is 136 cm³/mol. The number of anilines is 1. The highest BCUT2D eigenvalue weighted by atomic mass is 16.5. The Morgan fingerprint density at radius 2 is 1.50 bits per heavy atom. The van der Waals surface area contributed by atoms with Crippen molar-refractivity contribution in [3.63, 3.8) is 0 Å². The number of carbonyl (C=O) groups is 3. The number of hydrogen-bond donors (Lipinski definition) is 6. The first-order valence-electron chi connectivity index (χ1n) is 11.5. The molecule has 188 valence electrons. The largest absolute Gasteiger partial charge is 0.391 e. The molecule has 3 amide bonds. The SMILES string of the molecule is Cc1ccccc1CNCC(=O)Nc1ccc(-c2ccc(C(=O)N[C@H](C(=O)NO)[C@@H](C)O)cc2)cc1. The van der Waals surface area contributed by atoms with Crippen LogP contribution in [-0.2, 0) is 16.1 Å². The molecule has 3 rings (SSSR count). The van der Waals surface area contributed by atoms with Crippen LogP contribution in [0.2, 0.25) is 0 Å². The first-order valence-corrected chi connectivity index (χ1v) is 11.5. The minimum Gasteiger partial charge on any atom is -0.391 e. The molecule has 0 aliphatic rings. The summed E-state index contributed by atoms with van der Waals surface area (Å²) in [5.74, 6) is -1.62. The highest BCUT2D eigenvalue weighted by Gasteiger charge is 2.25. The zero-order chi connectivity index (χ0) is 26.1. The number of nitrogens with one attached hydrogen (secondary N) is 4. The maximum Gasteiger partial charge on any atom is 0.268 e. The Morgan fingerprint density at radius 3 is 2.08 bits per heavy atom. The number of carbonyl (C=O) groups excluding carboxylic acids is 3. The van der Waals surface area contributed by atoms with Gasteiger partial charge in [-0.05, 0) is 60.4 Å². The van der Waals surface area contributed by atoms with Crippen LogP contribution in [0, 0.1) is 6.92 Å². The summed E-state index contributed by atoms with van der Waals surface area (Å²) in [7, 11) is 0. The van der Waals surface area contributed by atoms with Gasteiger partial charge in [-0.1, -0.05) is 48.5 Å². The van der Waals surface area contributed by atoms with Crippen LogP contribution in [0.1, 0.15) is 28.4 Å². The summed E-state index contributed by atoms with van der Waals surface area (Å²) < 4.78 is 0. The summed E-state index contributed by atoms with van der Waals surface area (Å²) in [6.07, 6.45) is -1.19. The van der Waals surface area contributed by atoms with Gasteiger partial charge >= 0.3 is 0 Å². The molecule has 0 unspecified atom stereocenters. The monoisotopic (exact) mass is 490 g/mol. The van der Waals surface area contributed by atoms with Crippen molar-refractivity contribution in [2.75, 3.05) is 11.9 Å². The maximum absolute atomic E-state index is 12.4. The van der Waals surface area contributed by atoms with Crippen LogP contribution in [0.3, 0.4) is 0 Å². The Hall–Kier alpha value is -4.05. The van der Waals surface area contributed by atoms with Gasteiger partial charge in [-0.25, -0.2) is 5.48 Å². The Balaban J connectivity index is 1.54. The zero-order valence-electron chi connectivity index (χ0n) is 20.1. The van der Waals surface area contributed by atoms with Crippen molar-refractivity contribution in [2.24, 2.45) is 0 Å². The number of aliphatic hydroxyl groups excluding tert-OH is 1. The minimum absolute atomic E-state index is 0.142. The molecule has 0 heterocycles. The molecule has 3 aromatic rings. The molecule has 0 bridgehead atoms. The third-order valence-corrected chi connectivity index (χ3v) is 5.67. The van der Waals surface area contributed by atoms with Crippen molar-refractivity contribution >= 4 is 23.4 Å². The van der Waals surface area contributed by atoms with E-state index >= 15 is 0 Å². The molecule has 36 heavy (non-hydrogen) atoms. The molecule has 0 spiro atoms. The average Bonchev–Trinajstić information content (AvgIpc) is 2.88. The molecule has 9 heteroatoms. The van der Waals surface area contributed by atoms with E-state index in [4.69, 9.17) is 5.21 Å². The van der Waals surface area contributed by atoms with Gasteiger partial charge in [0, 0.05) is 17.8 Å². The van der Waals surface area contributed by atoms with Gasteiger partial charge in [0.05, 0.1) is 12.6 Å². The van der Waals surface area contributed by atoms with Crippen LogP contribution in [0.25, 0.3) is 11.1 Å². The minimum atomic E-state index is -1.29. The molecular formula is C27H30N4O5. The summed E-state index contributed by atoms with van der Waals surface area (Å²) in [5.41, 5.74) is 6.45. The van der Waals surface area contributed by atoms with E-state index in [2.05, 4.69) is 16.0 Å². The molecule has 2 atom stereocenters. The first kappa shape index (κ1) is 26.6. The molecule has 9 nitrogen and oxygen atoms in total. The number of hydrogen-bond acceptors (Lipinski definition) is 6. The van der Waals surface area contributed by atoms with Crippen molar-refractivity contribution in [1.82, 2.24) is 16.1 Å². The first-order chi connectivity index (χ1) is 17.3. The smallest absolute Gasteiger partial charge is 0.268 e. The molecule has 0 saturated heterocycles. The lowest BCUT2D eigenvalue weighted by molar-refractivity contribution is -0.133. The fraction of sp³-hybridized carbons (Fsp3) is 0.222. The van der Waals surface area contributed by atoms with Gasteiger partial charge in [-0.15, -0.1) is 0 Å². The van der Waals surface area contributed by atoms with E-state index < -0.39 is 24.0 Å². The molecule has 0 fully saturated rings. The highest BCUT2D eigenvalue weighted by molar-refractivity contribution is 5.98. The Kier molecular flexibility index (Phi) is 9.29. The third kappa shape index (κ3) is 7.22. The van der Waals surface area contributed by atoms with Crippen LogP contribution in [0.5, 0.6) is 0 Å². The molecule has 0 saturated carbocycles. The van der Waals surface area contributed by atoms with Crippen molar-refractivity contribution in [3.8, 4) is 11.1 Å². The zero-order valence-corrected chi connectivity index (χ0v) is 20.1. The van der Waals surface area contributed by atoms with Crippen LogP contribution >= 0.6 is 0 Å².